The maximum atomic E-state index is 12.3. The number of thiazole rings is 1. The summed E-state index contributed by atoms with van der Waals surface area (Å²) in [5.41, 5.74) is 0.240. The molecule has 1 unspecified atom stereocenters. The molecule has 8 heteroatoms. The zero-order chi connectivity index (χ0) is 18.3. The number of nitrogens with zero attached hydrogens (tertiary/aromatic N) is 2. The smallest absolute Gasteiger partial charge is 0.279 e. The standard InChI is InChI=1S/C17H16N2O4S2/c1-8(2)7-11(16(22)23)19-15(21)13(25-17(19)24)12-9-5-3-4-6-10(9)18-14(12)20/h3-6,8,11,21H,7H2,1-2H3,(H,22,23)/p-1. The molecule has 1 aliphatic rings. The first-order valence-electron chi connectivity index (χ1n) is 7.69. The summed E-state index contributed by atoms with van der Waals surface area (Å²) in [6.07, 6.45) is 0.255. The highest BCUT2D eigenvalue weighted by Gasteiger charge is 2.28. The molecule has 1 aromatic heterocycles. The quantitative estimate of drug-likeness (QED) is 0.776. The van der Waals surface area contributed by atoms with Gasteiger partial charge in [-0.25, -0.2) is 4.99 Å². The Morgan fingerprint density at radius 3 is 2.72 bits per heavy atom. The number of carboxylic acid groups (broad SMARTS) is 1. The molecule has 2 heterocycles. The number of benzene rings is 1. The molecule has 0 saturated heterocycles. The van der Waals surface area contributed by atoms with E-state index in [0.717, 1.165) is 15.9 Å². The van der Waals surface area contributed by atoms with Crippen molar-refractivity contribution in [2.75, 3.05) is 0 Å². The highest BCUT2D eigenvalue weighted by molar-refractivity contribution is 7.73. The molecule has 1 aliphatic heterocycles. The minimum absolute atomic E-state index is 0.0593. The van der Waals surface area contributed by atoms with Crippen molar-refractivity contribution in [2.45, 2.75) is 26.3 Å². The third kappa shape index (κ3) is 3.03. The number of para-hydroxylation sites is 1. The third-order valence-electron chi connectivity index (χ3n) is 3.93. The fourth-order valence-electron chi connectivity index (χ4n) is 2.85. The molecule has 6 nitrogen and oxygen atoms in total. The van der Waals surface area contributed by atoms with Gasteiger partial charge in [-0.15, -0.1) is 11.3 Å². The van der Waals surface area contributed by atoms with Crippen LogP contribution in [0.3, 0.4) is 0 Å². The van der Waals surface area contributed by atoms with Crippen molar-refractivity contribution >= 4 is 41.0 Å². The number of carbonyl (C=O) groups excluding carboxylic acids is 2. The van der Waals surface area contributed by atoms with Crippen molar-refractivity contribution in [1.82, 2.24) is 4.57 Å². The van der Waals surface area contributed by atoms with E-state index in [1.54, 1.807) is 24.3 Å². The van der Waals surface area contributed by atoms with Crippen molar-refractivity contribution in [3.05, 3.63) is 43.7 Å². The second-order valence-corrected chi connectivity index (χ2v) is 7.81. The molecule has 0 saturated carbocycles. The van der Waals surface area contributed by atoms with E-state index < -0.39 is 17.9 Å². The van der Waals surface area contributed by atoms with Crippen LogP contribution in [0.15, 0.2) is 29.3 Å². The Kier molecular flexibility index (Phi) is 4.57. The summed E-state index contributed by atoms with van der Waals surface area (Å²) in [7, 11) is 0. The molecule has 1 N–H and O–H groups in total. The average Bonchev–Trinajstić information content (AvgIpc) is 3.00. The zero-order valence-electron chi connectivity index (χ0n) is 13.6. The minimum atomic E-state index is -1.32. The van der Waals surface area contributed by atoms with Crippen LogP contribution in [0, 0.1) is 9.87 Å². The van der Waals surface area contributed by atoms with E-state index in [2.05, 4.69) is 4.99 Å². The Morgan fingerprint density at radius 2 is 2.08 bits per heavy atom. The van der Waals surface area contributed by atoms with Crippen LogP contribution in [0.5, 0.6) is 5.88 Å². The van der Waals surface area contributed by atoms with E-state index in [9.17, 15) is 19.8 Å². The summed E-state index contributed by atoms with van der Waals surface area (Å²) < 4.78 is 1.33. The van der Waals surface area contributed by atoms with Gasteiger partial charge in [0.15, 0.2) is 3.95 Å². The minimum Gasteiger partial charge on any atom is -0.548 e. The molecule has 3 rings (SSSR count). The number of hydrogen-bond donors (Lipinski definition) is 1. The van der Waals surface area contributed by atoms with Gasteiger partial charge < -0.3 is 15.0 Å². The number of carbonyl (C=O) groups is 2. The molecule has 0 radical (unpaired) electrons. The third-order valence-corrected chi connectivity index (χ3v) is 5.34. The van der Waals surface area contributed by atoms with E-state index in [-0.39, 0.29) is 32.6 Å². The largest absolute Gasteiger partial charge is 0.548 e. The van der Waals surface area contributed by atoms with Gasteiger partial charge in [0.05, 0.1) is 22.9 Å². The van der Waals surface area contributed by atoms with Gasteiger partial charge in [-0.1, -0.05) is 32.0 Å². The van der Waals surface area contributed by atoms with Crippen molar-refractivity contribution in [3.63, 3.8) is 0 Å². The lowest BCUT2D eigenvalue weighted by atomic mass is 10.0. The van der Waals surface area contributed by atoms with Gasteiger partial charge in [0, 0.05) is 5.22 Å². The molecule has 25 heavy (non-hydrogen) atoms. The summed E-state index contributed by atoms with van der Waals surface area (Å²) in [6.45, 7) is 3.74. The SMILES string of the molecule is CC(C)CC(C(=O)[O-])n1c(O)c(C2=c3ccccc3=NC2=O)sc1=S. The number of carboxylic acids is 1. The maximum Gasteiger partial charge on any atom is 0.279 e. The molecule has 0 bridgehead atoms. The topological polar surface area (TPSA) is 94.7 Å². The summed E-state index contributed by atoms with van der Waals surface area (Å²) >= 11 is 6.25. The van der Waals surface area contributed by atoms with Crippen LogP contribution >= 0.6 is 23.6 Å². The lowest BCUT2D eigenvalue weighted by Crippen LogP contribution is -2.34. The number of rotatable bonds is 5. The Morgan fingerprint density at radius 1 is 1.40 bits per heavy atom. The zero-order valence-corrected chi connectivity index (χ0v) is 15.2. The summed E-state index contributed by atoms with van der Waals surface area (Å²) in [6, 6.07) is 5.87. The Balaban J connectivity index is 2.23. The van der Waals surface area contributed by atoms with Gasteiger partial charge in [0.25, 0.3) is 5.91 Å². The van der Waals surface area contributed by atoms with Gasteiger partial charge in [-0.2, -0.15) is 0 Å². The fraction of sp³-hybridized carbons (Fsp3) is 0.294. The Labute approximate surface area is 152 Å². The van der Waals surface area contributed by atoms with Crippen LogP contribution in [0.25, 0.3) is 5.57 Å². The van der Waals surface area contributed by atoms with E-state index in [1.807, 2.05) is 13.8 Å². The lowest BCUT2D eigenvalue weighted by molar-refractivity contribution is -0.311. The molecular weight excluding hydrogens is 360 g/mol. The molecule has 0 aliphatic carbocycles. The molecule has 2 aromatic rings. The van der Waals surface area contributed by atoms with Gasteiger partial charge in [-0.05, 0) is 30.6 Å². The Bertz CT molecular complexity index is 1050. The van der Waals surface area contributed by atoms with Crippen LogP contribution < -0.4 is 15.7 Å². The summed E-state index contributed by atoms with van der Waals surface area (Å²) in [4.78, 5) is 28.1. The van der Waals surface area contributed by atoms with Crippen molar-refractivity contribution in [1.29, 1.82) is 0 Å². The molecule has 1 aromatic carbocycles. The fourth-order valence-corrected chi connectivity index (χ4v) is 4.29. The average molecular weight is 375 g/mol. The van der Waals surface area contributed by atoms with Crippen LogP contribution in [-0.4, -0.2) is 21.6 Å². The number of aromatic hydroxyl groups is 1. The van der Waals surface area contributed by atoms with Gasteiger partial charge in [0.1, 0.15) is 4.88 Å². The molecule has 130 valence electrons. The van der Waals surface area contributed by atoms with E-state index >= 15 is 0 Å². The first-order valence-corrected chi connectivity index (χ1v) is 8.91. The van der Waals surface area contributed by atoms with E-state index in [4.69, 9.17) is 12.2 Å². The maximum absolute atomic E-state index is 12.3. The number of aliphatic carboxylic acids is 1. The number of amides is 1. The predicted molar refractivity (Wildman–Crippen MR) is 93.0 cm³/mol. The van der Waals surface area contributed by atoms with E-state index in [1.165, 1.54) is 0 Å². The molecule has 1 atom stereocenters. The van der Waals surface area contributed by atoms with Crippen molar-refractivity contribution in [2.24, 2.45) is 10.9 Å². The second kappa shape index (κ2) is 6.53. The first kappa shape index (κ1) is 17.5. The normalized spacial score (nSPS) is 14.5. The van der Waals surface area contributed by atoms with Crippen LogP contribution in [0.4, 0.5) is 0 Å². The van der Waals surface area contributed by atoms with Gasteiger partial charge in [-0.3, -0.25) is 9.36 Å². The number of hydrogen-bond acceptors (Lipinski definition) is 6. The highest BCUT2D eigenvalue weighted by atomic mass is 32.1. The Hall–Kier alpha value is -2.32. The first-order chi connectivity index (χ1) is 11.8. The summed E-state index contributed by atoms with van der Waals surface area (Å²) in [5.74, 6) is -2.07. The molecule has 0 spiro atoms. The number of fused-ring (bicyclic) bond motifs is 1. The number of aromatic nitrogens is 1. The molecule has 0 fully saturated rings. The lowest BCUT2D eigenvalue weighted by Gasteiger charge is -2.22. The van der Waals surface area contributed by atoms with Crippen molar-refractivity contribution < 1.29 is 19.8 Å². The van der Waals surface area contributed by atoms with Gasteiger partial charge in [0.2, 0.25) is 5.88 Å². The second-order valence-electron chi connectivity index (χ2n) is 6.16. The molecule has 1 amide bonds. The monoisotopic (exact) mass is 375 g/mol. The van der Waals surface area contributed by atoms with Crippen molar-refractivity contribution in [3.8, 4) is 5.88 Å². The van der Waals surface area contributed by atoms with E-state index in [0.29, 0.717) is 10.6 Å². The predicted octanol–water partition coefficient (Wildman–Crippen LogP) is 0.681. The molecular formula is C17H15N2O4S2-. The van der Waals surface area contributed by atoms with Gasteiger partial charge >= 0.3 is 0 Å². The van der Waals surface area contributed by atoms with Crippen LogP contribution in [0.2, 0.25) is 0 Å². The van der Waals surface area contributed by atoms with Crippen LogP contribution in [-0.2, 0) is 9.59 Å². The highest BCUT2D eigenvalue weighted by Crippen LogP contribution is 2.36. The summed E-state index contributed by atoms with van der Waals surface area (Å²) in [5, 5.41) is 23.3. The van der Waals surface area contributed by atoms with Crippen LogP contribution in [0.1, 0.15) is 31.2 Å².